The van der Waals surface area contributed by atoms with E-state index in [0.717, 1.165) is 18.5 Å². The second-order valence-corrected chi connectivity index (χ2v) is 5.96. The molecule has 0 amide bonds. The number of nitrogens with zero attached hydrogens (tertiary/aromatic N) is 1. The van der Waals surface area contributed by atoms with Crippen molar-refractivity contribution in [3.63, 3.8) is 0 Å². The first kappa shape index (κ1) is 11.4. The molecular formula is C13H26N2. The minimum Gasteiger partial charge on any atom is -0.329 e. The van der Waals surface area contributed by atoms with Crippen LogP contribution < -0.4 is 5.73 Å². The Morgan fingerprint density at radius 2 is 1.80 bits per heavy atom. The van der Waals surface area contributed by atoms with Crippen molar-refractivity contribution < 1.29 is 0 Å². The van der Waals surface area contributed by atoms with Gasteiger partial charge in [0.15, 0.2) is 0 Å². The number of hydrogen-bond acceptors (Lipinski definition) is 2. The minimum atomic E-state index is 0.209. The van der Waals surface area contributed by atoms with Crippen LogP contribution in [-0.4, -0.2) is 29.6 Å². The maximum absolute atomic E-state index is 5.92. The first-order valence-electron chi connectivity index (χ1n) is 6.62. The summed E-state index contributed by atoms with van der Waals surface area (Å²) >= 11 is 0. The van der Waals surface area contributed by atoms with Gasteiger partial charge in [-0.25, -0.2) is 0 Å². The summed E-state index contributed by atoms with van der Waals surface area (Å²) in [6, 6.07) is 0.839. The summed E-state index contributed by atoms with van der Waals surface area (Å²) in [7, 11) is 0. The predicted molar refractivity (Wildman–Crippen MR) is 64.8 cm³/mol. The number of likely N-dealkylation sites (tertiary alicyclic amines) is 1. The quantitative estimate of drug-likeness (QED) is 0.758. The molecule has 1 aliphatic carbocycles. The van der Waals surface area contributed by atoms with Crippen molar-refractivity contribution in [3.8, 4) is 0 Å². The highest BCUT2D eigenvalue weighted by molar-refractivity contribution is 4.94. The van der Waals surface area contributed by atoms with Gasteiger partial charge < -0.3 is 5.73 Å². The van der Waals surface area contributed by atoms with Gasteiger partial charge in [-0.05, 0) is 52.0 Å². The first-order valence-corrected chi connectivity index (χ1v) is 6.62. The van der Waals surface area contributed by atoms with E-state index in [2.05, 4.69) is 18.7 Å². The van der Waals surface area contributed by atoms with Crippen LogP contribution in [0.15, 0.2) is 0 Å². The SMILES string of the molecule is CC(C)(CN)N1CCCC2CCCCC21. The third-order valence-corrected chi connectivity index (χ3v) is 4.52. The molecule has 0 spiro atoms. The van der Waals surface area contributed by atoms with Crippen molar-refractivity contribution in [2.45, 2.75) is 64.0 Å². The van der Waals surface area contributed by atoms with Crippen LogP contribution in [0, 0.1) is 5.92 Å². The second kappa shape index (κ2) is 4.42. The molecule has 1 saturated heterocycles. The van der Waals surface area contributed by atoms with Crippen LogP contribution in [0.3, 0.4) is 0 Å². The van der Waals surface area contributed by atoms with E-state index in [1.54, 1.807) is 0 Å². The van der Waals surface area contributed by atoms with Crippen LogP contribution >= 0.6 is 0 Å². The summed E-state index contributed by atoms with van der Waals surface area (Å²) in [6.45, 7) is 6.68. The van der Waals surface area contributed by atoms with Crippen molar-refractivity contribution in [3.05, 3.63) is 0 Å². The largest absolute Gasteiger partial charge is 0.329 e. The summed E-state index contributed by atoms with van der Waals surface area (Å²) in [6.07, 6.45) is 8.60. The van der Waals surface area contributed by atoms with Gasteiger partial charge in [0, 0.05) is 18.1 Å². The average Bonchev–Trinajstić information content (AvgIpc) is 2.28. The molecule has 0 aromatic carbocycles. The molecule has 2 fully saturated rings. The highest BCUT2D eigenvalue weighted by atomic mass is 15.2. The fraction of sp³-hybridized carbons (Fsp3) is 1.00. The molecule has 1 aliphatic heterocycles. The first-order chi connectivity index (χ1) is 7.15. The summed E-state index contributed by atoms with van der Waals surface area (Å²) in [5.41, 5.74) is 6.13. The Morgan fingerprint density at radius 3 is 2.53 bits per heavy atom. The highest BCUT2D eigenvalue weighted by Gasteiger charge is 2.39. The van der Waals surface area contributed by atoms with Gasteiger partial charge >= 0.3 is 0 Å². The molecule has 2 N–H and O–H groups in total. The lowest BCUT2D eigenvalue weighted by Gasteiger charge is -2.51. The molecular weight excluding hydrogens is 184 g/mol. The van der Waals surface area contributed by atoms with Crippen LogP contribution in [0.25, 0.3) is 0 Å². The van der Waals surface area contributed by atoms with Crippen molar-refractivity contribution in [1.82, 2.24) is 4.90 Å². The lowest BCUT2D eigenvalue weighted by molar-refractivity contribution is -0.00881. The standard InChI is InChI=1S/C13H26N2/c1-13(2,10-14)15-9-5-7-11-6-3-4-8-12(11)15/h11-12H,3-10,14H2,1-2H3. The van der Waals surface area contributed by atoms with Gasteiger partial charge in [-0.3, -0.25) is 4.90 Å². The maximum Gasteiger partial charge on any atom is 0.0278 e. The summed E-state index contributed by atoms with van der Waals surface area (Å²) in [4.78, 5) is 2.71. The molecule has 15 heavy (non-hydrogen) atoms. The van der Waals surface area contributed by atoms with Gasteiger partial charge in [0.2, 0.25) is 0 Å². The molecule has 1 heterocycles. The molecule has 0 aromatic rings. The number of nitrogens with two attached hydrogens (primary N) is 1. The molecule has 0 bridgehead atoms. The fourth-order valence-corrected chi connectivity index (χ4v) is 3.49. The Bertz CT molecular complexity index is 211. The molecule has 2 heteroatoms. The molecule has 2 unspecified atom stereocenters. The van der Waals surface area contributed by atoms with Crippen molar-refractivity contribution >= 4 is 0 Å². The van der Waals surface area contributed by atoms with E-state index in [1.807, 2.05) is 0 Å². The number of hydrogen-bond donors (Lipinski definition) is 1. The second-order valence-electron chi connectivity index (χ2n) is 5.96. The van der Waals surface area contributed by atoms with Gasteiger partial charge in [-0.2, -0.15) is 0 Å². The van der Waals surface area contributed by atoms with E-state index in [0.29, 0.717) is 0 Å². The number of piperidine rings is 1. The van der Waals surface area contributed by atoms with E-state index in [4.69, 9.17) is 5.73 Å². The Labute approximate surface area is 94.2 Å². The van der Waals surface area contributed by atoms with Crippen molar-refractivity contribution in [2.24, 2.45) is 11.7 Å². The average molecular weight is 210 g/mol. The molecule has 2 rings (SSSR count). The zero-order valence-electron chi connectivity index (χ0n) is 10.3. The van der Waals surface area contributed by atoms with Gasteiger partial charge in [-0.15, -0.1) is 0 Å². The fourth-order valence-electron chi connectivity index (χ4n) is 3.49. The Balaban J connectivity index is 2.09. The molecule has 0 radical (unpaired) electrons. The lowest BCUT2D eigenvalue weighted by atomic mass is 9.76. The van der Waals surface area contributed by atoms with E-state index in [9.17, 15) is 0 Å². The summed E-state index contributed by atoms with van der Waals surface area (Å²) in [5, 5.41) is 0. The maximum atomic E-state index is 5.92. The van der Waals surface area contributed by atoms with E-state index in [1.165, 1.54) is 45.1 Å². The van der Waals surface area contributed by atoms with Gasteiger partial charge in [0.1, 0.15) is 0 Å². The van der Waals surface area contributed by atoms with E-state index < -0.39 is 0 Å². The number of fused-ring (bicyclic) bond motifs is 1. The molecule has 2 nitrogen and oxygen atoms in total. The van der Waals surface area contributed by atoms with Crippen LogP contribution in [0.5, 0.6) is 0 Å². The van der Waals surface area contributed by atoms with Crippen LogP contribution in [0.4, 0.5) is 0 Å². The molecule has 0 aromatic heterocycles. The van der Waals surface area contributed by atoms with Gasteiger partial charge in [0.05, 0.1) is 0 Å². The zero-order chi connectivity index (χ0) is 10.9. The molecule has 88 valence electrons. The Morgan fingerprint density at radius 1 is 1.13 bits per heavy atom. The van der Waals surface area contributed by atoms with E-state index >= 15 is 0 Å². The molecule has 2 atom stereocenters. The predicted octanol–water partition coefficient (Wildman–Crippen LogP) is 2.38. The molecule has 2 aliphatic rings. The third-order valence-electron chi connectivity index (χ3n) is 4.52. The Kier molecular flexibility index (Phi) is 3.36. The van der Waals surface area contributed by atoms with Crippen LogP contribution in [0.1, 0.15) is 52.4 Å². The lowest BCUT2D eigenvalue weighted by Crippen LogP contribution is -2.59. The summed E-state index contributed by atoms with van der Waals surface area (Å²) in [5.74, 6) is 0.971. The summed E-state index contributed by atoms with van der Waals surface area (Å²) < 4.78 is 0. The normalized spacial score (nSPS) is 33.8. The van der Waals surface area contributed by atoms with Crippen molar-refractivity contribution in [1.29, 1.82) is 0 Å². The Hall–Kier alpha value is -0.0800. The van der Waals surface area contributed by atoms with Crippen LogP contribution in [-0.2, 0) is 0 Å². The van der Waals surface area contributed by atoms with Gasteiger partial charge in [0.25, 0.3) is 0 Å². The monoisotopic (exact) mass is 210 g/mol. The van der Waals surface area contributed by atoms with E-state index in [-0.39, 0.29) is 5.54 Å². The minimum absolute atomic E-state index is 0.209. The third kappa shape index (κ3) is 2.21. The van der Waals surface area contributed by atoms with Crippen LogP contribution in [0.2, 0.25) is 0 Å². The smallest absolute Gasteiger partial charge is 0.0278 e. The van der Waals surface area contributed by atoms with Crippen molar-refractivity contribution in [2.75, 3.05) is 13.1 Å². The molecule has 1 saturated carbocycles. The topological polar surface area (TPSA) is 29.3 Å². The van der Waals surface area contributed by atoms with Gasteiger partial charge in [-0.1, -0.05) is 12.8 Å². The highest BCUT2D eigenvalue weighted by Crippen LogP contribution is 2.38. The zero-order valence-corrected chi connectivity index (χ0v) is 10.3. The number of rotatable bonds is 2.